The Morgan fingerprint density at radius 2 is 1.59 bits per heavy atom. The molecule has 0 spiro atoms. The molecule has 0 fully saturated rings. The molecule has 3 aromatic rings. The fourth-order valence-electron chi connectivity index (χ4n) is 3.19. The quantitative estimate of drug-likeness (QED) is 0.665. The highest BCUT2D eigenvalue weighted by atomic mass is 19.1. The van der Waals surface area contributed by atoms with Crippen molar-refractivity contribution in [2.75, 3.05) is 17.3 Å². The molecule has 1 N–H and O–H groups in total. The maximum absolute atomic E-state index is 13.7. The SMILES string of the molecule is COc1ccc(C2=C(Nc3ccccc3)C(=O)N(c3cccc(F)c3)C2=O)cc1. The zero-order valence-electron chi connectivity index (χ0n) is 15.6. The molecule has 1 aliphatic heterocycles. The first kappa shape index (κ1) is 18.4. The van der Waals surface area contributed by atoms with Crippen LogP contribution in [0.2, 0.25) is 0 Å². The highest BCUT2D eigenvalue weighted by Gasteiger charge is 2.40. The fraction of sp³-hybridized carbons (Fsp3) is 0.0435. The highest BCUT2D eigenvalue weighted by Crippen LogP contribution is 2.34. The molecule has 2 amide bonds. The Bertz CT molecular complexity index is 1110. The van der Waals surface area contributed by atoms with Crippen LogP contribution in [0.5, 0.6) is 5.75 Å². The Kier molecular flexibility index (Phi) is 4.83. The molecule has 0 saturated heterocycles. The van der Waals surface area contributed by atoms with E-state index in [0.29, 0.717) is 17.0 Å². The molecule has 6 heteroatoms. The molecule has 4 rings (SSSR count). The van der Waals surface area contributed by atoms with Gasteiger partial charge in [0.15, 0.2) is 0 Å². The minimum Gasteiger partial charge on any atom is -0.497 e. The zero-order chi connectivity index (χ0) is 20.4. The van der Waals surface area contributed by atoms with Crippen LogP contribution >= 0.6 is 0 Å². The van der Waals surface area contributed by atoms with E-state index in [1.807, 2.05) is 18.2 Å². The average Bonchev–Trinajstić information content (AvgIpc) is 2.98. The second-order valence-electron chi connectivity index (χ2n) is 6.40. The third kappa shape index (κ3) is 3.48. The Labute approximate surface area is 167 Å². The van der Waals surface area contributed by atoms with Crippen LogP contribution in [0.4, 0.5) is 15.8 Å². The lowest BCUT2D eigenvalue weighted by Crippen LogP contribution is -2.32. The molecule has 0 aromatic heterocycles. The number of hydrogen-bond donors (Lipinski definition) is 1. The highest BCUT2D eigenvalue weighted by molar-refractivity contribution is 6.46. The average molecular weight is 388 g/mol. The third-order valence-corrected chi connectivity index (χ3v) is 4.57. The van der Waals surface area contributed by atoms with Crippen LogP contribution in [0, 0.1) is 5.82 Å². The molecule has 1 aliphatic rings. The van der Waals surface area contributed by atoms with Gasteiger partial charge in [-0.1, -0.05) is 36.4 Å². The monoisotopic (exact) mass is 388 g/mol. The molecular weight excluding hydrogens is 371 g/mol. The van der Waals surface area contributed by atoms with Crippen LogP contribution in [-0.4, -0.2) is 18.9 Å². The summed E-state index contributed by atoms with van der Waals surface area (Å²) < 4.78 is 18.9. The molecule has 0 aliphatic carbocycles. The van der Waals surface area contributed by atoms with Crippen LogP contribution in [0.3, 0.4) is 0 Å². The second-order valence-corrected chi connectivity index (χ2v) is 6.40. The first-order valence-corrected chi connectivity index (χ1v) is 8.93. The number of anilines is 2. The largest absolute Gasteiger partial charge is 0.497 e. The Balaban J connectivity index is 1.82. The van der Waals surface area contributed by atoms with Gasteiger partial charge in [0.25, 0.3) is 11.8 Å². The summed E-state index contributed by atoms with van der Waals surface area (Å²) in [6.07, 6.45) is 0. The number of carbonyl (C=O) groups excluding carboxylic acids is 2. The fourth-order valence-corrected chi connectivity index (χ4v) is 3.19. The number of nitrogens with one attached hydrogen (secondary N) is 1. The van der Waals surface area contributed by atoms with Crippen molar-refractivity contribution in [3.8, 4) is 5.75 Å². The lowest BCUT2D eigenvalue weighted by molar-refractivity contribution is -0.120. The Hall–Kier alpha value is -3.93. The minimum atomic E-state index is -0.546. The number of amides is 2. The lowest BCUT2D eigenvalue weighted by Gasteiger charge is -2.15. The Morgan fingerprint density at radius 3 is 2.24 bits per heavy atom. The maximum Gasteiger partial charge on any atom is 0.282 e. The van der Waals surface area contributed by atoms with Gasteiger partial charge < -0.3 is 10.1 Å². The summed E-state index contributed by atoms with van der Waals surface area (Å²) in [5.74, 6) is -0.969. The van der Waals surface area contributed by atoms with Crippen LogP contribution in [0.25, 0.3) is 5.57 Å². The number of carbonyl (C=O) groups is 2. The molecule has 0 bridgehead atoms. The van der Waals surface area contributed by atoms with Gasteiger partial charge in [-0.3, -0.25) is 9.59 Å². The van der Waals surface area contributed by atoms with Gasteiger partial charge in [0.05, 0.1) is 18.4 Å². The van der Waals surface area contributed by atoms with Gasteiger partial charge in [-0.15, -0.1) is 0 Å². The number of para-hydroxylation sites is 1. The number of nitrogens with zero attached hydrogens (tertiary/aromatic N) is 1. The lowest BCUT2D eigenvalue weighted by atomic mass is 10.0. The molecule has 29 heavy (non-hydrogen) atoms. The van der Waals surface area contributed by atoms with E-state index in [1.54, 1.807) is 43.5 Å². The van der Waals surface area contributed by atoms with Gasteiger partial charge in [0, 0.05) is 5.69 Å². The van der Waals surface area contributed by atoms with Gasteiger partial charge in [0.1, 0.15) is 17.3 Å². The number of ether oxygens (including phenoxy) is 1. The van der Waals surface area contributed by atoms with Crippen molar-refractivity contribution in [3.05, 3.63) is 95.9 Å². The summed E-state index contributed by atoms with van der Waals surface area (Å²) in [5.41, 5.74) is 1.74. The summed E-state index contributed by atoms with van der Waals surface area (Å²) in [7, 11) is 1.55. The molecule has 144 valence electrons. The van der Waals surface area contributed by atoms with Crippen molar-refractivity contribution in [3.63, 3.8) is 0 Å². The molecular formula is C23H17FN2O3. The molecule has 5 nitrogen and oxygen atoms in total. The minimum absolute atomic E-state index is 0.135. The first-order chi connectivity index (χ1) is 14.1. The van der Waals surface area contributed by atoms with E-state index in [4.69, 9.17) is 4.74 Å². The molecule has 0 radical (unpaired) electrons. The number of imide groups is 1. The van der Waals surface area contributed by atoms with E-state index >= 15 is 0 Å². The Morgan fingerprint density at radius 1 is 0.862 bits per heavy atom. The van der Waals surface area contributed by atoms with Gasteiger partial charge >= 0.3 is 0 Å². The third-order valence-electron chi connectivity index (χ3n) is 4.57. The van der Waals surface area contributed by atoms with Crippen molar-refractivity contribution >= 4 is 28.8 Å². The molecule has 0 saturated carbocycles. The van der Waals surface area contributed by atoms with E-state index in [-0.39, 0.29) is 17.0 Å². The zero-order valence-corrected chi connectivity index (χ0v) is 15.6. The molecule has 1 heterocycles. The summed E-state index contributed by atoms with van der Waals surface area (Å²) >= 11 is 0. The summed E-state index contributed by atoms with van der Waals surface area (Å²) in [5, 5.41) is 3.06. The van der Waals surface area contributed by atoms with Gasteiger partial charge in [-0.05, 0) is 48.0 Å². The number of methoxy groups -OCH3 is 1. The van der Waals surface area contributed by atoms with E-state index in [2.05, 4.69) is 5.32 Å². The normalized spacial score (nSPS) is 13.8. The number of hydrogen-bond acceptors (Lipinski definition) is 4. The second kappa shape index (κ2) is 7.59. The summed E-state index contributed by atoms with van der Waals surface area (Å²) in [6.45, 7) is 0. The van der Waals surface area contributed by atoms with Crippen molar-refractivity contribution < 1.29 is 18.7 Å². The molecule has 0 atom stereocenters. The number of halogens is 1. The van der Waals surface area contributed by atoms with Crippen molar-refractivity contribution in [1.82, 2.24) is 0 Å². The van der Waals surface area contributed by atoms with E-state index < -0.39 is 17.6 Å². The van der Waals surface area contributed by atoms with E-state index in [9.17, 15) is 14.0 Å². The predicted octanol–water partition coefficient (Wildman–Crippen LogP) is 4.23. The molecule has 3 aromatic carbocycles. The van der Waals surface area contributed by atoms with Gasteiger partial charge in [-0.2, -0.15) is 0 Å². The summed E-state index contributed by atoms with van der Waals surface area (Å²) in [6, 6.07) is 21.3. The van der Waals surface area contributed by atoms with Crippen LogP contribution in [0.15, 0.2) is 84.6 Å². The van der Waals surface area contributed by atoms with E-state index in [0.717, 1.165) is 11.0 Å². The standard InChI is InChI=1S/C23H17FN2O3/c1-29-19-12-10-15(11-13-19)20-21(25-17-7-3-2-4-8-17)23(28)26(22(20)27)18-9-5-6-16(24)14-18/h2-14,25H,1H3. The van der Waals surface area contributed by atoms with Gasteiger partial charge in [0.2, 0.25) is 0 Å². The van der Waals surface area contributed by atoms with Crippen molar-refractivity contribution in [2.24, 2.45) is 0 Å². The van der Waals surface area contributed by atoms with Crippen LogP contribution in [0.1, 0.15) is 5.56 Å². The van der Waals surface area contributed by atoms with E-state index in [1.165, 1.54) is 18.2 Å². The topological polar surface area (TPSA) is 58.6 Å². The van der Waals surface area contributed by atoms with Crippen LogP contribution in [-0.2, 0) is 9.59 Å². The van der Waals surface area contributed by atoms with Crippen LogP contribution < -0.4 is 15.0 Å². The smallest absolute Gasteiger partial charge is 0.282 e. The number of rotatable bonds is 5. The molecule has 0 unspecified atom stereocenters. The summed E-state index contributed by atoms with van der Waals surface area (Å²) in [4.78, 5) is 27.4. The van der Waals surface area contributed by atoms with Gasteiger partial charge in [-0.25, -0.2) is 9.29 Å². The predicted molar refractivity (Wildman–Crippen MR) is 109 cm³/mol. The maximum atomic E-state index is 13.7. The van der Waals surface area contributed by atoms with Crippen molar-refractivity contribution in [1.29, 1.82) is 0 Å². The number of benzene rings is 3. The van der Waals surface area contributed by atoms with Crippen molar-refractivity contribution in [2.45, 2.75) is 0 Å². The first-order valence-electron chi connectivity index (χ1n) is 8.93.